The summed E-state index contributed by atoms with van der Waals surface area (Å²) in [6.45, 7) is 1.83. The Morgan fingerprint density at radius 3 is 2.59 bits per heavy atom. The number of amides is 4. The maximum atomic E-state index is 13.4. The lowest BCUT2D eigenvalue weighted by Crippen LogP contribution is -2.45. The number of halogens is 1. The normalized spacial score (nSPS) is 18.8. The van der Waals surface area contributed by atoms with Crippen LogP contribution in [0.15, 0.2) is 47.1 Å². The highest BCUT2D eigenvalue weighted by Gasteiger charge is 2.52. The maximum absolute atomic E-state index is 13.4. The molecule has 1 atom stereocenters. The minimum atomic E-state index is -1.29. The van der Waals surface area contributed by atoms with Crippen molar-refractivity contribution in [1.82, 2.24) is 15.1 Å². The van der Waals surface area contributed by atoms with E-state index in [2.05, 4.69) is 5.32 Å². The summed E-state index contributed by atoms with van der Waals surface area (Å²) >= 11 is 0. The number of imide groups is 1. The molecular weight excluding hydrogens is 377 g/mol. The zero-order valence-electron chi connectivity index (χ0n) is 16.5. The molecule has 8 heteroatoms. The summed E-state index contributed by atoms with van der Waals surface area (Å²) in [6, 6.07) is 8.34. The molecule has 1 saturated heterocycles. The first-order chi connectivity index (χ1) is 13.9. The van der Waals surface area contributed by atoms with E-state index in [0.717, 1.165) is 11.3 Å². The minimum Gasteiger partial charge on any atom is -0.467 e. The molecule has 2 heterocycles. The SMILES string of the molecule is CCCC[C@@]1(c2ccc(F)cc2)NC(=O)N(CC(=O)N(C)Cc2ccco2)C1=O. The second-order valence-corrected chi connectivity index (χ2v) is 7.17. The van der Waals surface area contributed by atoms with E-state index in [0.29, 0.717) is 24.2 Å². The molecule has 1 aromatic carbocycles. The molecule has 0 spiro atoms. The fraction of sp³-hybridized carbons (Fsp3) is 0.381. The fourth-order valence-electron chi connectivity index (χ4n) is 3.44. The molecule has 0 saturated carbocycles. The van der Waals surface area contributed by atoms with Crippen LogP contribution in [0.25, 0.3) is 0 Å². The first-order valence-corrected chi connectivity index (χ1v) is 9.54. The third kappa shape index (κ3) is 4.16. The van der Waals surface area contributed by atoms with Crippen LogP contribution in [-0.4, -0.2) is 41.2 Å². The van der Waals surface area contributed by atoms with Crippen molar-refractivity contribution in [3.8, 4) is 0 Å². The molecule has 1 N–H and O–H groups in total. The van der Waals surface area contributed by atoms with Gasteiger partial charge in [0.25, 0.3) is 5.91 Å². The van der Waals surface area contributed by atoms with Crippen LogP contribution in [0, 0.1) is 5.82 Å². The summed E-state index contributed by atoms with van der Waals surface area (Å²) in [5.74, 6) is -0.720. The van der Waals surface area contributed by atoms with Gasteiger partial charge < -0.3 is 14.6 Å². The van der Waals surface area contributed by atoms with Crippen LogP contribution in [0.1, 0.15) is 37.5 Å². The molecule has 0 bridgehead atoms. The van der Waals surface area contributed by atoms with Gasteiger partial charge in [-0.15, -0.1) is 0 Å². The summed E-state index contributed by atoms with van der Waals surface area (Å²) < 4.78 is 18.6. The fourth-order valence-corrected chi connectivity index (χ4v) is 3.44. The number of carbonyl (C=O) groups is 3. The predicted octanol–water partition coefficient (Wildman–Crippen LogP) is 3.01. The van der Waals surface area contributed by atoms with Crippen LogP contribution in [0.5, 0.6) is 0 Å². The first-order valence-electron chi connectivity index (χ1n) is 9.54. The van der Waals surface area contributed by atoms with Crippen molar-refractivity contribution < 1.29 is 23.2 Å². The van der Waals surface area contributed by atoms with E-state index in [1.54, 1.807) is 19.2 Å². The lowest BCUT2D eigenvalue weighted by molar-refractivity contribution is -0.139. The van der Waals surface area contributed by atoms with Crippen LogP contribution < -0.4 is 5.32 Å². The molecule has 0 unspecified atom stereocenters. The highest BCUT2D eigenvalue weighted by Crippen LogP contribution is 2.34. The van der Waals surface area contributed by atoms with Gasteiger partial charge in [-0.2, -0.15) is 0 Å². The van der Waals surface area contributed by atoms with Gasteiger partial charge in [0, 0.05) is 7.05 Å². The molecule has 0 aliphatic carbocycles. The van der Waals surface area contributed by atoms with Gasteiger partial charge in [0.15, 0.2) is 0 Å². The van der Waals surface area contributed by atoms with Crippen molar-refractivity contribution in [2.75, 3.05) is 13.6 Å². The monoisotopic (exact) mass is 401 g/mol. The predicted molar refractivity (Wildman–Crippen MR) is 103 cm³/mol. The largest absolute Gasteiger partial charge is 0.467 e. The molecule has 154 valence electrons. The summed E-state index contributed by atoms with van der Waals surface area (Å²) in [4.78, 5) is 40.8. The molecule has 1 aliphatic heterocycles. The molecule has 2 aromatic rings. The van der Waals surface area contributed by atoms with E-state index >= 15 is 0 Å². The summed E-state index contributed by atoms with van der Waals surface area (Å²) in [5, 5.41) is 2.75. The van der Waals surface area contributed by atoms with Crippen molar-refractivity contribution in [3.63, 3.8) is 0 Å². The van der Waals surface area contributed by atoms with Crippen molar-refractivity contribution >= 4 is 17.8 Å². The third-order valence-corrected chi connectivity index (χ3v) is 5.11. The zero-order chi connectivity index (χ0) is 21.0. The number of nitrogens with one attached hydrogen (secondary N) is 1. The Morgan fingerprint density at radius 2 is 1.97 bits per heavy atom. The summed E-state index contributed by atoms with van der Waals surface area (Å²) in [7, 11) is 1.58. The van der Waals surface area contributed by atoms with Gasteiger partial charge in [-0.1, -0.05) is 31.9 Å². The summed E-state index contributed by atoms with van der Waals surface area (Å²) in [6.07, 6.45) is 3.38. The topological polar surface area (TPSA) is 82.9 Å². The Labute approximate surface area is 168 Å². The Hall–Kier alpha value is -3.16. The number of benzene rings is 1. The van der Waals surface area contributed by atoms with Crippen molar-refractivity contribution in [2.45, 2.75) is 38.3 Å². The van der Waals surface area contributed by atoms with Crippen molar-refractivity contribution in [2.24, 2.45) is 0 Å². The van der Waals surface area contributed by atoms with Crippen LogP contribution in [0.2, 0.25) is 0 Å². The van der Waals surface area contributed by atoms with E-state index in [1.165, 1.54) is 35.4 Å². The van der Waals surface area contributed by atoms with E-state index < -0.39 is 29.2 Å². The number of furan rings is 1. The van der Waals surface area contributed by atoms with Gasteiger partial charge in [-0.3, -0.25) is 14.5 Å². The average Bonchev–Trinajstić information content (AvgIpc) is 3.29. The van der Waals surface area contributed by atoms with E-state index in [1.807, 2.05) is 6.92 Å². The third-order valence-electron chi connectivity index (χ3n) is 5.11. The van der Waals surface area contributed by atoms with Crippen molar-refractivity contribution in [3.05, 3.63) is 59.8 Å². The molecular formula is C21H24FN3O4. The van der Waals surface area contributed by atoms with Gasteiger partial charge in [-0.05, 0) is 36.2 Å². The Kier molecular flexibility index (Phi) is 6.00. The zero-order valence-corrected chi connectivity index (χ0v) is 16.5. The number of nitrogens with zero attached hydrogens (tertiary/aromatic N) is 2. The Morgan fingerprint density at radius 1 is 1.24 bits per heavy atom. The lowest BCUT2D eigenvalue weighted by atomic mass is 9.85. The highest BCUT2D eigenvalue weighted by atomic mass is 19.1. The molecule has 1 aliphatic rings. The Balaban J connectivity index is 1.80. The minimum absolute atomic E-state index is 0.231. The molecule has 1 aromatic heterocycles. The second-order valence-electron chi connectivity index (χ2n) is 7.17. The quantitative estimate of drug-likeness (QED) is 0.690. The molecule has 4 amide bonds. The van der Waals surface area contributed by atoms with Crippen molar-refractivity contribution in [1.29, 1.82) is 0 Å². The number of urea groups is 1. The number of carbonyl (C=O) groups excluding carboxylic acids is 3. The number of rotatable bonds is 8. The van der Waals surface area contributed by atoms with Gasteiger partial charge in [-0.25, -0.2) is 9.18 Å². The molecule has 29 heavy (non-hydrogen) atoms. The van der Waals surface area contributed by atoms with Gasteiger partial charge in [0.1, 0.15) is 23.7 Å². The van der Waals surface area contributed by atoms with Gasteiger partial charge >= 0.3 is 6.03 Å². The van der Waals surface area contributed by atoms with Crippen LogP contribution in [-0.2, 0) is 21.7 Å². The molecule has 1 fully saturated rings. The highest BCUT2D eigenvalue weighted by molar-refractivity contribution is 6.09. The Bertz CT molecular complexity index is 882. The summed E-state index contributed by atoms with van der Waals surface area (Å²) in [5.41, 5.74) is -0.787. The molecule has 7 nitrogen and oxygen atoms in total. The number of hydrogen-bond donors (Lipinski definition) is 1. The van der Waals surface area contributed by atoms with Gasteiger partial charge in [0.2, 0.25) is 5.91 Å². The van der Waals surface area contributed by atoms with E-state index in [4.69, 9.17) is 4.42 Å². The van der Waals surface area contributed by atoms with E-state index in [9.17, 15) is 18.8 Å². The van der Waals surface area contributed by atoms with Crippen LogP contribution >= 0.6 is 0 Å². The molecule has 3 rings (SSSR count). The number of hydrogen-bond acceptors (Lipinski definition) is 4. The van der Waals surface area contributed by atoms with E-state index in [-0.39, 0.29) is 13.1 Å². The smallest absolute Gasteiger partial charge is 0.325 e. The van der Waals surface area contributed by atoms with Gasteiger partial charge in [0.05, 0.1) is 12.8 Å². The maximum Gasteiger partial charge on any atom is 0.325 e. The van der Waals surface area contributed by atoms with Crippen LogP contribution in [0.4, 0.5) is 9.18 Å². The lowest BCUT2D eigenvalue weighted by Gasteiger charge is -2.27. The number of unbranched alkanes of at least 4 members (excludes halogenated alkanes) is 1. The number of likely N-dealkylation sites (N-methyl/N-ethyl adjacent to an activating group) is 1. The molecule has 0 radical (unpaired) electrons. The average molecular weight is 401 g/mol. The standard InChI is InChI=1S/C21H24FN3O4/c1-3-4-11-21(15-7-9-16(22)10-8-15)19(27)25(20(28)23-21)14-18(26)24(2)13-17-6-5-12-29-17/h5-10,12H,3-4,11,13-14H2,1-2H3,(H,23,28)/t21-/m0/s1. The second kappa shape index (κ2) is 8.46. The first kappa shape index (κ1) is 20.6. The van der Waals surface area contributed by atoms with Crippen LogP contribution in [0.3, 0.4) is 0 Å².